The van der Waals surface area contributed by atoms with Crippen molar-refractivity contribution in [1.82, 2.24) is 15.0 Å². The maximum absolute atomic E-state index is 11.1. The van der Waals surface area contributed by atoms with Gasteiger partial charge in [-0.25, -0.2) is 9.97 Å². The standard InChI is InChI=1S/C10H9N5O3S/c1-11-7-4-6(15(17)18)5-9(13-7)19-10-12-3-2-8(16)14-10/h2-5H,1H3,(H,11,13)(H,12,14,16). The van der Waals surface area contributed by atoms with Crippen molar-refractivity contribution >= 4 is 23.3 Å². The van der Waals surface area contributed by atoms with E-state index in [9.17, 15) is 14.9 Å². The van der Waals surface area contributed by atoms with Gasteiger partial charge < -0.3 is 10.3 Å². The molecule has 98 valence electrons. The summed E-state index contributed by atoms with van der Waals surface area (Å²) >= 11 is 1.04. The van der Waals surface area contributed by atoms with Gasteiger partial charge in [0, 0.05) is 25.4 Å². The molecule has 2 N–H and O–H groups in total. The highest BCUT2D eigenvalue weighted by Crippen LogP contribution is 2.27. The molecule has 2 rings (SSSR count). The summed E-state index contributed by atoms with van der Waals surface area (Å²) in [6.45, 7) is 0. The van der Waals surface area contributed by atoms with Crippen LogP contribution in [0, 0.1) is 10.1 Å². The third kappa shape index (κ3) is 3.28. The number of hydrogen-bond donors (Lipinski definition) is 2. The van der Waals surface area contributed by atoms with E-state index in [2.05, 4.69) is 20.3 Å². The Morgan fingerprint density at radius 3 is 2.89 bits per heavy atom. The minimum Gasteiger partial charge on any atom is -0.373 e. The van der Waals surface area contributed by atoms with Gasteiger partial charge in [0.15, 0.2) is 5.16 Å². The van der Waals surface area contributed by atoms with Crippen molar-refractivity contribution in [3.05, 3.63) is 44.9 Å². The number of H-pyrrole nitrogens is 1. The SMILES string of the molecule is CNc1cc([N+](=O)[O-])cc(Sc2nccc(=O)[nH]2)n1. The molecule has 0 atom stereocenters. The minimum absolute atomic E-state index is 0.0832. The van der Waals surface area contributed by atoms with Crippen LogP contribution in [0.3, 0.4) is 0 Å². The van der Waals surface area contributed by atoms with Crippen LogP contribution in [0.15, 0.2) is 39.4 Å². The van der Waals surface area contributed by atoms with Crippen LogP contribution in [0.25, 0.3) is 0 Å². The molecule has 0 saturated heterocycles. The summed E-state index contributed by atoms with van der Waals surface area (Å²) in [6.07, 6.45) is 1.36. The zero-order valence-electron chi connectivity index (χ0n) is 9.78. The quantitative estimate of drug-likeness (QED) is 0.492. The first-order valence-electron chi connectivity index (χ1n) is 5.16. The fourth-order valence-electron chi connectivity index (χ4n) is 1.28. The molecular weight excluding hydrogens is 270 g/mol. The van der Waals surface area contributed by atoms with Gasteiger partial charge in [-0.15, -0.1) is 0 Å². The predicted molar refractivity (Wildman–Crippen MR) is 69.4 cm³/mol. The third-order valence-corrected chi connectivity index (χ3v) is 2.92. The molecule has 2 aromatic heterocycles. The molecule has 0 aromatic carbocycles. The molecule has 0 aliphatic carbocycles. The number of aromatic nitrogens is 3. The van der Waals surface area contributed by atoms with E-state index in [0.29, 0.717) is 16.0 Å². The van der Waals surface area contributed by atoms with Crippen LogP contribution in [-0.4, -0.2) is 26.9 Å². The van der Waals surface area contributed by atoms with Crippen molar-refractivity contribution < 1.29 is 4.92 Å². The maximum Gasteiger partial charge on any atom is 0.275 e. The van der Waals surface area contributed by atoms with Crippen LogP contribution < -0.4 is 10.9 Å². The van der Waals surface area contributed by atoms with Crippen LogP contribution in [0.1, 0.15) is 0 Å². The largest absolute Gasteiger partial charge is 0.373 e. The van der Waals surface area contributed by atoms with Crippen molar-refractivity contribution in [3.8, 4) is 0 Å². The Hall–Kier alpha value is -2.42. The van der Waals surface area contributed by atoms with Crippen LogP contribution in [0.2, 0.25) is 0 Å². The average molecular weight is 279 g/mol. The lowest BCUT2D eigenvalue weighted by molar-refractivity contribution is -0.385. The first-order chi connectivity index (χ1) is 9.08. The average Bonchev–Trinajstić information content (AvgIpc) is 2.38. The molecule has 0 fully saturated rings. The van der Waals surface area contributed by atoms with E-state index < -0.39 is 4.92 Å². The van der Waals surface area contributed by atoms with Gasteiger partial charge >= 0.3 is 0 Å². The van der Waals surface area contributed by atoms with Crippen LogP contribution in [0.5, 0.6) is 0 Å². The fourth-order valence-corrected chi connectivity index (χ4v) is 2.07. The summed E-state index contributed by atoms with van der Waals surface area (Å²) < 4.78 is 0. The molecule has 0 aliphatic rings. The summed E-state index contributed by atoms with van der Waals surface area (Å²) in [5.41, 5.74) is -0.378. The number of hydrogen-bond acceptors (Lipinski definition) is 7. The van der Waals surface area contributed by atoms with Crippen molar-refractivity contribution in [2.24, 2.45) is 0 Å². The lowest BCUT2D eigenvalue weighted by Crippen LogP contribution is -2.05. The molecule has 0 saturated carbocycles. The van der Waals surface area contributed by atoms with Crippen molar-refractivity contribution in [1.29, 1.82) is 0 Å². The van der Waals surface area contributed by atoms with Gasteiger partial charge in [0.05, 0.1) is 11.0 Å². The smallest absolute Gasteiger partial charge is 0.275 e. The van der Waals surface area contributed by atoms with E-state index in [1.54, 1.807) is 7.05 Å². The van der Waals surface area contributed by atoms with E-state index in [-0.39, 0.29) is 11.2 Å². The van der Waals surface area contributed by atoms with E-state index in [1.165, 1.54) is 24.4 Å². The normalized spacial score (nSPS) is 10.2. The molecule has 2 aromatic rings. The number of aromatic amines is 1. The summed E-state index contributed by atoms with van der Waals surface area (Å²) in [5.74, 6) is 0.370. The Bertz CT molecular complexity index is 672. The molecule has 0 unspecified atom stereocenters. The van der Waals surface area contributed by atoms with Crippen LogP contribution in [-0.2, 0) is 0 Å². The highest BCUT2D eigenvalue weighted by atomic mass is 32.2. The number of pyridine rings is 1. The molecule has 9 heteroatoms. The Kier molecular flexibility index (Phi) is 3.76. The second-order valence-electron chi connectivity index (χ2n) is 3.40. The number of anilines is 1. The van der Waals surface area contributed by atoms with E-state index in [4.69, 9.17) is 0 Å². The monoisotopic (exact) mass is 279 g/mol. The van der Waals surface area contributed by atoms with Crippen molar-refractivity contribution in [2.75, 3.05) is 12.4 Å². The van der Waals surface area contributed by atoms with Gasteiger partial charge in [-0.3, -0.25) is 14.9 Å². The summed E-state index contributed by atoms with van der Waals surface area (Å²) in [7, 11) is 1.61. The molecule has 0 aliphatic heterocycles. The lowest BCUT2D eigenvalue weighted by Gasteiger charge is -2.03. The molecule has 0 radical (unpaired) electrons. The Labute approximate surface area is 111 Å². The molecule has 0 amide bonds. The Balaban J connectivity index is 2.36. The first-order valence-corrected chi connectivity index (χ1v) is 5.97. The third-order valence-electron chi connectivity index (χ3n) is 2.10. The molecule has 2 heterocycles. The van der Waals surface area contributed by atoms with Gasteiger partial charge in [-0.05, 0) is 11.8 Å². The predicted octanol–water partition coefficient (Wildman–Crippen LogP) is 1.27. The van der Waals surface area contributed by atoms with Gasteiger partial charge in [-0.2, -0.15) is 0 Å². The zero-order valence-corrected chi connectivity index (χ0v) is 10.6. The molecular formula is C10H9N5O3S. The first kappa shape index (κ1) is 13.0. The summed E-state index contributed by atoms with van der Waals surface area (Å²) in [4.78, 5) is 32.0. The minimum atomic E-state index is -0.506. The van der Waals surface area contributed by atoms with Crippen LogP contribution >= 0.6 is 11.8 Å². The lowest BCUT2D eigenvalue weighted by atomic mass is 10.4. The second-order valence-corrected chi connectivity index (χ2v) is 4.41. The van der Waals surface area contributed by atoms with Gasteiger partial charge in [0.25, 0.3) is 11.2 Å². The topological polar surface area (TPSA) is 114 Å². The fraction of sp³-hybridized carbons (Fsp3) is 0.100. The van der Waals surface area contributed by atoms with Gasteiger partial charge in [-0.1, -0.05) is 0 Å². The van der Waals surface area contributed by atoms with E-state index in [1.807, 2.05) is 0 Å². The number of nitrogens with one attached hydrogen (secondary N) is 2. The Morgan fingerprint density at radius 2 is 2.26 bits per heavy atom. The summed E-state index contributed by atoms with van der Waals surface area (Å²) in [6, 6.07) is 3.92. The molecule has 19 heavy (non-hydrogen) atoms. The molecule has 8 nitrogen and oxygen atoms in total. The van der Waals surface area contributed by atoms with Crippen molar-refractivity contribution in [3.63, 3.8) is 0 Å². The number of rotatable bonds is 4. The number of nitrogens with zero attached hydrogens (tertiary/aromatic N) is 3. The maximum atomic E-state index is 11.1. The highest BCUT2D eigenvalue weighted by Gasteiger charge is 2.12. The Morgan fingerprint density at radius 1 is 1.47 bits per heavy atom. The number of nitro groups is 1. The van der Waals surface area contributed by atoms with E-state index >= 15 is 0 Å². The van der Waals surface area contributed by atoms with Gasteiger partial charge in [0.2, 0.25) is 0 Å². The van der Waals surface area contributed by atoms with E-state index in [0.717, 1.165) is 11.8 Å². The summed E-state index contributed by atoms with van der Waals surface area (Å²) in [5, 5.41) is 14.2. The second kappa shape index (κ2) is 5.48. The zero-order chi connectivity index (χ0) is 13.8. The van der Waals surface area contributed by atoms with Crippen molar-refractivity contribution in [2.45, 2.75) is 10.2 Å². The highest BCUT2D eigenvalue weighted by molar-refractivity contribution is 7.99. The molecule has 0 bridgehead atoms. The van der Waals surface area contributed by atoms with Gasteiger partial charge in [0.1, 0.15) is 10.8 Å². The van der Waals surface area contributed by atoms with Crippen LogP contribution in [0.4, 0.5) is 11.5 Å². The molecule has 0 spiro atoms.